The Bertz CT molecular complexity index is 943. The van der Waals surface area contributed by atoms with Gasteiger partial charge >= 0.3 is 0 Å². The van der Waals surface area contributed by atoms with Crippen LogP contribution in [0.5, 0.6) is 0 Å². The van der Waals surface area contributed by atoms with E-state index in [0.717, 1.165) is 22.0 Å². The zero-order valence-corrected chi connectivity index (χ0v) is 12.3. The minimum absolute atomic E-state index is 0.234. The summed E-state index contributed by atoms with van der Waals surface area (Å²) >= 11 is 0. The fraction of sp³-hybridized carbons (Fsp3) is 0.111. The van der Waals surface area contributed by atoms with E-state index >= 15 is 0 Å². The number of nitrogens with one attached hydrogen (secondary N) is 1. The topological polar surface area (TPSA) is 54.7 Å². The molecule has 0 spiro atoms. The Morgan fingerprint density at radius 1 is 1.04 bits per heavy atom. The number of H-pyrrole nitrogens is 1. The molecule has 0 saturated carbocycles. The average Bonchev–Trinajstić information content (AvgIpc) is 3.20. The molecular weight excluding hydrogens is 293 g/mol. The Morgan fingerprint density at radius 3 is 2.78 bits per heavy atom. The summed E-state index contributed by atoms with van der Waals surface area (Å²) in [5.41, 5.74) is 2.90. The first kappa shape index (κ1) is 13.7. The van der Waals surface area contributed by atoms with Gasteiger partial charge in [0.15, 0.2) is 0 Å². The largest absolute Gasteiger partial charge is 0.361 e. The van der Waals surface area contributed by atoms with E-state index in [4.69, 9.17) is 4.52 Å². The number of hydrogen-bond donors (Lipinski definition) is 1. The van der Waals surface area contributed by atoms with Gasteiger partial charge in [-0.05, 0) is 30.2 Å². The lowest BCUT2D eigenvalue weighted by Crippen LogP contribution is -1.91. The van der Waals surface area contributed by atoms with Crippen molar-refractivity contribution in [1.29, 1.82) is 0 Å². The fourth-order valence-corrected chi connectivity index (χ4v) is 2.66. The molecule has 2 aromatic carbocycles. The lowest BCUT2D eigenvalue weighted by atomic mass is 10.1. The second-order valence-corrected chi connectivity index (χ2v) is 5.38. The van der Waals surface area contributed by atoms with Crippen LogP contribution in [0.25, 0.3) is 22.3 Å². The van der Waals surface area contributed by atoms with E-state index in [-0.39, 0.29) is 5.82 Å². The van der Waals surface area contributed by atoms with Crippen molar-refractivity contribution in [2.24, 2.45) is 0 Å². The van der Waals surface area contributed by atoms with Gasteiger partial charge in [0.25, 0.3) is 0 Å². The Hall–Kier alpha value is -2.95. The number of halogens is 1. The highest BCUT2D eigenvalue weighted by Gasteiger charge is 2.10. The van der Waals surface area contributed by atoms with Crippen molar-refractivity contribution < 1.29 is 8.91 Å². The summed E-state index contributed by atoms with van der Waals surface area (Å²) in [5, 5.41) is 4.91. The van der Waals surface area contributed by atoms with Gasteiger partial charge in [0, 0.05) is 29.1 Å². The zero-order valence-electron chi connectivity index (χ0n) is 12.3. The fourth-order valence-electron chi connectivity index (χ4n) is 2.66. The summed E-state index contributed by atoms with van der Waals surface area (Å²) in [6.45, 7) is 0. The van der Waals surface area contributed by atoms with E-state index in [2.05, 4.69) is 15.1 Å². The molecule has 2 heterocycles. The molecule has 23 heavy (non-hydrogen) atoms. The van der Waals surface area contributed by atoms with Gasteiger partial charge in [0.1, 0.15) is 5.82 Å². The number of benzene rings is 2. The molecule has 0 aliphatic carbocycles. The Kier molecular flexibility index (Phi) is 3.38. The van der Waals surface area contributed by atoms with Crippen molar-refractivity contribution in [3.63, 3.8) is 0 Å². The molecule has 4 rings (SSSR count). The summed E-state index contributed by atoms with van der Waals surface area (Å²) in [5.74, 6) is 0.933. The minimum Gasteiger partial charge on any atom is -0.361 e. The highest BCUT2D eigenvalue weighted by Crippen LogP contribution is 2.21. The van der Waals surface area contributed by atoms with Gasteiger partial charge in [-0.1, -0.05) is 35.5 Å². The first-order valence-electron chi connectivity index (χ1n) is 7.43. The van der Waals surface area contributed by atoms with Gasteiger partial charge in [0.05, 0.1) is 0 Å². The maximum Gasteiger partial charge on any atom is 0.227 e. The summed E-state index contributed by atoms with van der Waals surface area (Å²) in [6.07, 6.45) is 3.22. The highest BCUT2D eigenvalue weighted by atomic mass is 19.1. The number of hydrogen-bond acceptors (Lipinski definition) is 3. The van der Waals surface area contributed by atoms with Gasteiger partial charge in [-0.3, -0.25) is 0 Å². The van der Waals surface area contributed by atoms with Gasteiger partial charge in [0.2, 0.25) is 11.7 Å². The molecule has 0 aliphatic rings. The standard InChI is InChI=1S/C18H14FN3O/c19-14-7-8-16-15(10-14)13(11-20-16)6-9-17-21-18(22-23-17)12-4-2-1-3-5-12/h1-5,7-8,10-11,20H,6,9H2. The first-order valence-corrected chi connectivity index (χ1v) is 7.43. The van der Waals surface area contributed by atoms with Crippen LogP contribution in [0.1, 0.15) is 11.5 Å². The van der Waals surface area contributed by atoms with Crippen LogP contribution < -0.4 is 0 Å². The molecule has 4 aromatic rings. The second-order valence-electron chi connectivity index (χ2n) is 5.38. The molecule has 0 saturated heterocycles. The molecule has 5 heteroatoms. The van der Waals surface area contributed by atoms with E-state index < -0.39 is 0 Å². The summed E-state index contributed by atoms with van der Waals surface area (Å²) in [6, 6.07) is 14.4. The quantitative estimate of drug-likeness (QED) is 0.616. The third kappa shape index (κ3) is 2.73. The number of aryl methyl sites for hydroxylation is 2. The van der Waals surface area contributed by atoms with Crippen molar-refractivity contribution in [3.8, 4) is 11.4 Å². The molecule has 2 aromatic heterocycles. The zero-order chi connectivity index (χ0) is 15.6. The summed E-state index contributed by atoms with van der Waals surface area (Å²) in [4.78, 5) is 7.56. The molecule has 4 nitrogen and oxygen atoms in total. The van der Waals surface area contributed by atoms with Crippen molar-refractivity contribution in [3.05, 3.63) is 72.0 Å². The number of nitrogens with zero attached hydrogens (tertiary/aromatic N) is 2. The molecule has 0 amide bonds. The molecule has 1 N–H and O–H groups in total. The molecule has 0 atom stereocenters. The molecule has 114 valence electrons. The molecule has 0 fully saturated rings. The maximum absolute atomic E-state index is 13.4. The van der Waals surface area contributed by atoms with Crippen molar-refractivity contribution in [2.75, 3.05) is 0 Å². The summed E-state index contributed by atoms with van der Waals surface area (Å²) < 4.78 is 18.7. The van der Waals surface area contributed by atoms with Crippen LogP contribution in [0.2, 0.25) is 0 Å². The van der Waals surface area contributed by atoms with Crippen LogP contribution >= 0.6 is 0 Å². The normalized spacial score (nSPS) is 11.2. The van der Waals surface area contributed by atoms with E-state index in [9.17, 15) is 4.39 Å². The van der Waals surface area contributed by atoms with E-state index in [1.807, 2.05) is 36.5 Å². The van der Waals surface area contributed by atoms with E-state index in [1.165, 1.54) is 6.07 Å². The van der Waals surface area contributed by atoms with E-state index in [1.54, 1.807) is 12.1 Å². The minimum atomic E-state index is -0.234. The van der Waals surface area contributed by atoms with Crippen LogP contribution in [0.3, 0.4) is 0 Å². The third-order valence-electron chi connectivity index (χ3n) is 3.84. The van der Waals surface area contributed by atoms with Gasteiger partial charge in [-0.25, -0.2) is 4.39 Å². The molecular formula is C18H14FN3O. The number of aromatic nitrogens is 3. The lowest BCUT2D eigenvalue weighted by Gasteiger charge is -1.97. The van der Waals surface area contributed by atoms with Crippen LogP contribution in [-0.2, 0) is 12.8 Å². The Labute approximate surface area is 132 Å². The molecule has 0 aliphatic heterocycles. The number of rotatable bonds is 4. The van der Waals surface area contributed by atoms with Gasteiger partial charge in [-0.15, -0.1) is 0 Å². The molecule has 0 unspecified atom stereocenters. The second kappa shape index (κ2) is 5.68. The highest BCUT2D eigenvalue weighted by molar-refractivity contribution is 5.83. The molecule has 0 radical (unpaired) electrons. The average molecular weight is 307 g/mol. The predicted octanol–water partition coefficient (Wildman–Crippen LogP) is 4.14. The van der Waals surface area contributed by atoms with Gasteiger partial charge in [-0.2, -0.15) is 4.98 Å². The van der Waals surface area contributed by atoms with Gasteiger partial charge < -0.3 is 9.51 Å². The number of fused-ring (bicyclic) bond motifs is 1. The first-order chi connectivity index (χ1) is 11.3. The summed E-state index contributed by atoms with van der Waals surface area (Å²) in [7, 11) is 0. The lowest BCUT2D eigenvalue weighted by molar-refractivity contribution is 0.379. The van der Waals surface area contributed by atoms with Crippen LogP contribution in [0, 0.1) is 5.82 Å². The van der Waals surface area contributed by atoms with E-state index in [0.29, 0.717) is 24.6 Å². The Balaban J connectivity index is 1.53. The SMILES string of the molecule is Fc1ccc2[nH]cc(CCc3nc(-c4ccccc4)no3)c2c1. The van der Waals surface area contributed by atoms with Crippen LogP contribution in [-0.4, -0.2) is 15.1 Å². The monoisotopic (exact) mass is 307 g/mol. The molecule has 0 bridgehead atoms. The van der Waals surface area contributed by atoms with Crippen LogP contribution in [0.15, 0.2) is 59.3 Å². The van der Waals surface area contributed by atoms with Crippen LogP contribution in [0.4, 0.5) is 4.39 Å². The maximum atomic E-state index is 13.4. The van der Waals surface area contributed by atoms with Crippen molar-refractivity contribution in [1.82, 2.24) is 15.1 Å². The third-order valence-corrected chi connectivity index (χ3v) is 3.84. The smallest absolute Gasteiger partial charge is 0.227 e. The number of aromatic amines is 1. The van der Waals surface area contributed by atoms with Crippen molar-refractivity contribution >= 4 is 10.9 Å². The Morgan fingerprint density at radius 2 is 1.91 bits per heavy atom. The van der Waals surface area contributed by atoms with Crippen molar-refractivity contribution in [2.45, 2.75) is 12.8 Å². The predicted molar refractivity (Wildman–Crippen MR) is 85.4 cm³/mol.